The van der Waals surface area contributed by atoms with Crippen molar-refractivity contribution in [2.45, 2.75) is 31.5 Å². The van der Waals surface area contributed by atoms with E-state index in [0.29, 0.717) is 24.3 Å². The topological polar surface area (TPSA) is 76.8 Å². The molecule has 7 nitrogen and oxygen atoms in total. The Bertz CT molecular complexity index is 974. The molecule has 0 radical (unpaired) electrons. The Labute approximate surface area is 168 Å². The van der Waals surface area contributed by atoms with Crippen LogP contribution in [0.2, 0.25) is 0 Å². The first-order valence-electron chi connectivity index (χ1n) is 9.00. The molecule has 4 heterocycles. The van der Waals surface area contributed by atoms with E-state index < -0.39 is 11.9 Å². The Balaban J connectivity index is 1.59. The Morgan fingerprint density at radius 1 is 1.31 bits per heavy atom. The Morgan fingerprint density at radius 3 is 2.86 bits per heavy atom. The zero-order valence-corrected chi connectivity index (χ0v) is 16.0. The number of likely N-dealkylation sites (tertiary alicyclic amines) is 1. The van der Waals surface area contributed by atoms with E-state index in [9.17, 15) is 18.0 Å². The van der Waals surface area contributed by atoms with Crippen molar-refractivity contribution in [2.24, 2.45) is 0 Å². The molecular formula is C18H17F3N6OS. The summed E-state index contributed by atoms with van der Waals surface area (Å²) in [5.41, 5.74) is -0.708. The molecular weight excluding hydrogens is 405 g/mol. The number of halogens is 3. The number of thiophene rings is 1. The van der Waals surface area contributed by atoms with E-state index in [4.69, 9.17) is 0 Å². The molecule has 3 aromatic heterocycles. The summed E-state index contributed by atoms with van der Waals surface area (Å²) < 4.78 is 41.6. The second-order valence-corrected chi connectivity index (χ2v) is 7.69. The lowest BCUT2D eigenvalue weighted by Gasteiger charge is -2.32. The number of aromatic nitrogens is 5. The first-order chi connectivity index (χ1) is 13.9. The summed E-state index contributed by atoms with van der Waals surface area (Å²) in [6, 6.07) is 4.47. The van der Waals surface area contributed by atoms with Crippen LogP contribution in [0.25, 0.3) is 10.6 Å². The fourth-order valence-electron chi connectivity index (χ4n) is 3.31. The first kappa shape index (κ1) is 19.5. The monoisotopic (exact) mass is 422 g/mol. The van der Waals surface area contributed by atoms with Gasteiger partial charge in [-0.05, 0) is 30.4 Å². The van der Waals surface area contributed by atoms with Crippen LogP contribution < -0.4 is 0 Å². The predicted octanol–water partition coefficient (Wildman–Crippen LogP) is 3.22. The van der Waals surface area contributed by atoms with Gasteiger partial charge in [-0.25, -0.2) is 19.6 Å². The van der Waals surface area contributed by atoms with Crippen LogP contribution in [-0.4, -0.2) is 48.6 Å². The fraction of sp³-hybridized carbons (Fsp3) is 0.389. The van der Waals surface area contributed by atoms with Gasteiger partial charge >= 0.3 is 6.18 Å². The Kier molecular flexibility index (Phi) is 5.31. The van der Waals surface area contributed by atoms with E-state index in [1.165, 1.54) is 28.7 Å². The number of piperidine rings is 1. The number of carbonyl (C=O) groups is 1. The largest absolute Gasteiger partial charge is 0.433 e. The van der Waals surface area contributed by atoms with Crippen LogP contribution in [0.3, 0.4) is 0 Å². The van der Waals surface area contributed by atoms with Gasteiger partial charge in [-0.2, -0.15) is 18.3 Å². The van der Waals surface area contributed by atoms with Crippen LogP contribution in [0.1, 0.15) is 30.3 Å². The van der Waals surface area contributed by atoms with Gasteiger partial charge in [0.05, 0.1) is 10.6 Å². The van der Waals surface area contributed by atoms with Gasteiger partial charge in [-0.3, -0.25) is 4.79 Å². The van der Waals surface area contributed by atoms with E-state index in [-0.39, 0.29) is 36.4 Å². The molecule has 0 spiro atoms. The summed E-state index contributed by atoms with van der Waals surface area (Å²) in [4.78, 5) is 26.8. The average molecular weight is 422 g/mol. The third-order valence-electron chi connectivity index (χ3n) is 4.71. The smallest absolute Gasteiger partial charge is 0.340 e. The lowest BCUT2D eigenvalue weighted by Crippen LogP contribution is -2.41. The number of hydrogen-bond acceptors (Lipinski definition) is 6. The molecule has 1 amide bonds. The maximum Gasteiger partial charge on any atom is 0.433 e. The minimum absolute atomic E-state index is 0.0383. The van der Waals surface area contributed by atoms with E-state index in [1.54, 1.807) is 22.4 Å². The molecule has 1 aliphatic heterocycles. The highest BCUT2D eigenvalue weighted by Crippen LogP contribution is 2.34. The summed E-state index contributed by atoms with van der Waals surface area (Å²) in [7, 11) is 0. The number of nitrogens with zero attached hydrogens (tertiary/aromatic N) is 6. The molecule has 152 valence electrons. The lowest BCUT2D eigenvalue weighted by atomic mass is 9.96. The fourth-order valence-corrected chi connectivity index (χ4v) is 4.00. The molecule has 1 saturated heterocycles. The molecule has 3 aromatic rings. The van der Waals surface area contributed by atoms with E-state index in [0.717, 1.165) is 6.07 Å². The molecule has 0 aromatic carbocycles. The van der Waals surface area contributed by atoms with Crippen molar-refractivity contribution in [3.8, 4) is 10.6 Å². The van der Waals surface area contributed by atoms with Crippen molar-refractivity contribution in [3.05, 3.63) is 47.8 Å². The van der Waals surface area contributed by atoms with Crippen LogP contribution >= 0.6 is 11.3 Å². The van der Waals surface area contributed by atoms with Crippen molar-refractivity contribution < 1.29 is 18.0 Å². The van der Waals surface area contributed by atoms with Crippen LogP contribution in [0.15, 0.2) is 36.2 Å². The minimum Gasteiger partial charge on any atom is -0.340 e. The number of hydrogen-bond donors (Lipinski definition) is 0. The van der Waals surface area contributed by atoms with E-state index in [1.807, 2.05) is 0 Å². The highest BCUT2D eigenvalue weighted by molar-refractivity contribution is 7.13. The third-order valence-corrected chi connectivity index (χ3v) is 5.60. The van der Waals surface area contributed by atoms with Gasteiger partial charge in [0.2, 0.25) is 5.91 Å². The average Bonchev–Trinajstić information content (AvgIpc) is 3.41. The van der Waals surface area contributed by atoms with Crippen LogP contribution in [0.5, 0.6) is 0 Å². The van der Waals surface area contributed by atoms with Gasteiger partial charge < -0.3 is 4.90 Å². The lowest BCUT2D eigenvalue weighted by molar-refractivity contribution is -0.141. The summed E-state index contributed by atoms with van der Waals surface area (Å²) in [6.07, 6.45) is -0.488. The van der Waals surface area contributed by atoms with Crippen molar-refractivity contribution in [3.63, 3.8) is 0 Å². The maximum absolute atomic E-state index is 13.4. The molecule has 0 aliphatic carbocycles. The molecule has 1 atom stereocenters. The van der Waals surface area contributed by atoms with Crippen molar-refractivity contribution >= 4 is 17.2 Å². The van der Waals surface area contributed by atoms with Crippen molar-refractivity contribution in [2.75, 3.05) is 13.1 Å². The van der Waals surface area contributed by atoms with Crippen LogP contribution in [0, 0.1) is 0 Å². The van der Waals surface area contributed by atoms with Gasteiger partial charge in [0.25, 0.3) is 0 Å². The van der Waals surface area contributed by atoms with Gasteiger partial charge in [-0.15, -0.1) is 11.3 Å². The molecule has 0 N–H and O–H groups in total. The molecule has 0 saturated carbocycles. The predicted molar refractivity (Wildman–Crippen MR) is 98.9 cm³/mol. The highest BCUT2D eigenvalue weighted by atomic mass is 32.1. The second-order valence-electron chi connectivity index (χ2n) is 6.74. The van der Waals surface area contributed by atoms with Crippen molar-refractivity contribution in [1.82, 2.24) is 29.6 Å². The number of rotatable bonds is 4. The highest BCUT2D eigenvalue weighted by Gasteiger charge is 2.35. The molecule has 0 bridgehead atoms. The van der Waals surface area contributed by atoms with Crippen LogP contribution in [0.4, 0.5) is 13.2 Å². The summed E-state index contributed by atoms with van der Waals surface area (Å²) in [5, 5.41) is 5.70. The summed E-state index contributed by atoms with van der Waals surface area (Å²) in [6.45, 7) is 0.857. The van der Waals surface area contributed by atoms with Crippen LogP contribution in [-0.2, 0) is 17.5 Å². The van der Waals surface area contributed by atoms with Gasteiger partial charge in [0, 0.05) is 19.0 Å². The number of amides is 1. The quantitative estimate of drug-likeness (QED) is 0.645. The molecule has 29 heavy (non-hydrogen) atoms. The number of alkyl halides is 3. The standard InChI is InChI=1S/C18H17F3N6OS/c19-18(20,21)15-7-13(14-4-2-6-29-14)24-17(25-15)12-3-1-5-26(8-12)16(28)9-27-11-22-10-23-27/h2,4,6-7,10-12H,1,3,5,8-9H2/t12-/m1/s1. The summed E-state index contributed by atoms with van der Waals surface area (Å²) >= 11 is 1.32. The molecule has 11 heteroatoms. The first-order valence-corrected chi connectivity index (χ1v) is 9.88. The minimum atomic E-state index is -4.57. The zero-order chi connectivity index (χ0) is 20.4. The Morgan fingerprint density at radius 2 is 2.17 bits per heavy atom. The van der Waals surface area contributed by atoms with Crippen molar-refractivity contribution in [1.29, 1.82) is 0 Å². The third kappa shape index (κ3) is 4.44. The van der Waals surface area contributed by atoms with Gasteiger partial charge in [0.15, 0.2) is 0 Å². The molecule has 0 unspecified atom stereocenters. The van der Waals surface area contributed by atoms with E-state index >= 15 is 0 Å². The normalized spacial score (nSPS) is 17.5. The number of carbonyl (C=O) groups excluding carboxylic acids is 1. The molecule has 1 fully saturated rings. The Hall–Kier alpha value is -2.82. The maximum atomic E-state index is 13.4. The SMILES string of the molecule is O=C(Cn1cncn1)N1CCC[C@@H](c2nc(-c3cccs3)cc(C(F)(F)F)n2)C1. The summed E-state index contributed by atoms with van der Waals surface area (Å²) in [5.74, 6) is -0.392. The molecule has 1 aliphatic rings. The molecule has 4 rings (SSSR count). The second kappa shape index (κ2) is 7.90. The zero-order valence-electron chi connectivity index (χ0n) is 15.2. The van der Waals surface area contributed by atoms with Gasteiger partial charge in [0.1, 0.15) is 30.7 Å². The van der Waals surface area contributed by atoms with Gasteiger partial charge in [-0.1, -0.05) is 6.07 Å². The van der Waals surface area contributed by atoms with E-state index in [2.05, 4.69) is 20.1 Å².